The van der Waals surface area contributed by atoms with Gasteiger partial charge in [0.15, 0.2) is 0 Å². The summed E-state index contributed by atoms with van der Waals surface area (Å²) in [5, 5.41) is 7.36. The molecule has 1 aliphatic rings. The maximum Gasteiger partial charge on any atom is 0.322 e. The van der Waals surface area contributed by atoms with Gasteiger partial charge in [0, 0.05) is 6.42 Å². The summed E-state index contributed by atoms with van der Waals surface area (Å²) < 4.78 is 0. The molecule has 1 fully saturated rings. The number of aromatic amines is 1. The zero-order valence-electron chi connectivity index (χ0n) is 13.5. The Hall–Kier alpha value is -2.90. The van der Waals surface area contributed by atoms with Crippen molar-refractivity contribution in [2.45, 2.75) is 39.3 Å². The van der Waals surface area contributed by atoms with Crippen molar-refractivity contribution >= 4 is 28.9 Å². The summed E-state index contributed by atoms with van der Waals surface area (Å²) in [5.41, 5.74) is 4.06. The van der Waals surface area contributed by atoms with Crippen molar-refractivity contribution in [2.24, 2.45) is 0 Å². The maximum atomic E-state index is 12.2. The zero-order valence-corrected chi connectivity index (χ0v) is 13.5. The van der Waals surface area contributed by atoms with E-state index in [0.717, 1.165) is 22.2 Å². The molecule has 126 valence electrons. The molecule has 0 spiro atoms. The first kappa shape index (κ1) is 16.0. The van der Waals surface area contributed by atoms with E-state index >= 15 is 0 Å². The van der Waals surface area contributed by atoms with Gasteiger partial charge >= 0.3 is 6.03 Å². The molecular weight excluding hydrogens is 310 g/mol. The van der Waals surface area contributed by atoms with Crippen LogP contribution in [0.4, 0.5) is 4.79 Å². The fraction of sp³-hybridized carbons (Fsp3) is 0.375. The minimum atomic E-state index is -0.732. The lowest BCUT2D eigenvalue weighted by molar-refractivity contribution is -0.123. The number of hydrogen-bond acceptors (Lipinski definition) is 4. The highest BCUT2D eigenvalue weighted by Gasteiger charge is 2.26. The minimum absolute atomic E-state index is 0.125. The summed E-state index contributed by atoms with van der Waals surface area (Å²) in [6.07, 6.45) is 0.391. The summed E-state index contributed by atoms with van der Waals surface area (Å²) in [6.45, 7) is 4.25. The van der Waals surface area contributed by atoms with E-state index in [4.69, 9.17) is 0 Å². The highest BCUT2D eigenvalue weighted by atomic mass is 16.2. The number of imide groups is 1. The van der Waals surface area contributed by atoms with Gasteiger partial charge in [-0.25, -0.2) is 9.78 Å². The van der Waals surface area contributed by atoms with E-state index in [-0.39, 0.29) is 31.2 Å². The summed E-state index contributed by atoms with van der Waals surface area (Å²) in [7, 11) is 0. The van der Waals surface area contributed by atoms with E-state index in [0.29, 0.717) is 5.82 Å². The number of fused-ring (bicyclic) bond motifs is 1. The lowest BCUT2D eigenvalue weighted by Gasteiger charge is -2.14. The Kier molecular flexibility index (Phi) is 4.20. The molecule has 2 heterocycles. The quantitative estimate of drug-likeness (QED) is 0.666. The molecule has 1 atom stereocenters. The van der Waals surface area contributed by atoms with Crippen LogP contribution in [0.1, 0.15) is 29.8 Å². The first-order valence-electron chi connectivity index (χ1n) is 7.77. The number of nitrogens with one attached hydrogen (secondary N) is 4. The average Bonchev–Trinajstić information content (AvgIpc) is 2.88. The molecule has 1 aromatic carbocycles. The normalized spacial score (nSPS) is 18.0. The van der Waals surface area contributed by atoms with E-state index in [1.54, 1.807) is 0 Å². The van der Waals surface area contributed by atoms with Crippen molar-refractivity contribution in [1.82, 2.24) is 25.9 Å². The van der Waals surface area contributed by atoms with Crippen LogP contribution in [0.15, 0.2) is 12.1 Å². The molecule has 0 unspecified atom stereocenters. The SMILES string of the molecule is Cc1ccc2[nH]c(CNC(=O)[C@H]3CCC(=O)NC(=O)N3)nc2c1C. The Morgan fingerprint density at radius 2 is 2.12 bits per heavy atom. The third-order valence-corrected chi connectivity index (χ3v) is 4.19. The predicted molar refractivity (Wildman–Crippen MR) is 87.1 cm³/mol. The van der Waals surface area contributed by atoms with Crippen LogP contribution in [0, 0.1) is 13.8 Å². The summed E-state index contributed by atoms with van der Waals surface area (Å²) in [5.74, 6) is -0.0830. The Morgan fingerprint density at radius 1 is 1.33 bits per heavy atom. The molecule has 0 bridgehead atoms. The highest BCUT2D eigenvalue weighted by molar-refractivity contribution is 5.98. The van der Waals surface area contributed by atoms with Crippen LogP contribution < -0.4 is 16.0 Å². The number of hydrogen-bond donors (Lipinski definition) is 4. The molecule has 1 aliphatic heterocycles. The second-order valence-electron chi connectivity index (χ2n) is 5.92. The standard InChI is InChI=1S/C16H19N5O3/c1-8-3-4-10-14(9(8)2)20-12(18-10)7-17-15(23)11-5-6-13(22)21-16(24)19-11/h3-4,11H,5-7H2,1-2H3,(H,17,23)(H,18,20)(H2,19,21,22,24)/t11-/m1/s1. The summed E-state index contributed by atoms with van der Waals surface area (Å²) in [4.78, 5) is 42.6. The molecule has 0 radical (unpaired) electrons. The Balaban J connectivity index is 1.67. The van der Waals surface area contributed by atoms with Gasteiger partial charge in [-0.1, -0.05) is 6.07 Å². The number of rotatable bonds is 3. The van der Waals surface area contributed by atoms with Crippen LogP contribution in [0.5, 0.6) is 0 Å². The van der Waals surface area contributed by atoms with Gasteiger partial charge in [0.1, 0.15) is 11.9 Å². The van der Waals surface area contributed by atoms with Gasteiger partial charge in [-0.15, -0.1) is 0 Å². The Morgan fingerprint density at radius 3 is 2.92 bits per heavy atom. The van der Waals surface area contributed by atoms with Crippen molar-refractivity contribution in [1.29, 1.82) is 0 Å². The molecule has 24 heavy (non-hydrogen) atoms. The maximum absolute atomic E-state index is 12.2. The van der Waals surface area contributed by atoms with Crippen molar-refractivity contribution in [2.75, 3.05) is 0 Å². The van der Waals surface area contributed by atoms with Gasteiger partial charge in [0.2, 0.25) is 11.8 Å². The van der Waals surface area contributed by atoms with E-state index in [2.05, 4.69) is 25.9 Å². The highest BCUT2D eigenvalue weighted by Crippen LogP contribution is 2.19. The van der Waals surface area contributed by atoms with Crippen LogP contribution in [-0.4, -0.2) is 33.9 Å². The van der Waals surface area contributed by atoms with Gasteiger partial charge in [0.25, 0.3) is 0 Å². The largest absolute Gasteiger partial charge is 0.347 e. The number of urea groups is 1. The molecule has 3 rings (SSSR count). The van der Waals surface area contributed by atoms with Crippen LogP contribution in [0.25, 0.3) is 11.0 Å². The molecule has 1 saturated heterocycles. The van der Waals surface area contributed by atoms with Crippen LogP contribution in [-0.2, 0) is 16.1 Å². The average molecular weight is 329 g/mol. The topological polar surface area (TPSA) is 116 Å². The molecule has 8 heteroatoms. The Bertz CT molecular complexity index is 826. The number of carbonyl (C=O) groups is 3. The van der Waals surface area contributed by atoms with E-state index in [1.165, 1.54) is 0 Å². The molecule has 1 aromatic heterocycles. The van der Waals surface area contributed by atoms with Crippen molar-refractivity contribution in [3.05, 3.63) is 29.1 Å². The van der Waals surface area contributed by atoms with Crippen molar-refractivity contribution in [3.63, 3.8) is 0 Å². The van der Waals surface area contributed by atoms with Gasteiger partial charge in [-0.05, 0) is 37.5 Å². The first-order valence-corrected chi connectivity index (χ1v) is 7.77. The van der Waals surface area contributed by atoms with Gasteiger partial charge in [-0.2, -0.15) is 0 Å². The second-order valence-corrected chi connectivity index (χ2v) is 5.92. The van der Waals surface area contributed by atoms with Crippen molar-refractivity contribution in [3.8, 4) is 0 Å². The zero-order chi connectivity index (χ0) is 17.3. The molecular formula is C16H19N5O3. The smallest absolute Gasteiger partial charge is 0.322 e. The van der Waals surface area contributed by atoms with Gasteiger partial charge < -0.3 is 15.6 Å². The fourth-order valence-electron chi connectivity index (χ4n) is 2.67. The third-order valence-electron chi connectivity index (χ3n) is 4.19. The second kappa shape index (κ2) is 6.31. The summed E-state index contributed by atoms with van der Waals surface area (Å²) >= 11 is 0. The van der Waals surface area contributed by atoms with Gasteiger partial charge in [0.05, 0.1) is 17.6 Å². The van der Waals surface area contributed by atoms with Crippen LogP contribution in [0.3, 0.4) is 0 Å². The van der Waals surface area contributed by atoms with Crippen molar-refractivity contribution < 1.29 is 14.4 Å². The number of nitrogens with zero attached hydrogens (tertiary/aromatic N) is 1. The number of carbonyl (C=O) groups excluding carboxylic acids is 3. The van der Waals surface area contributed by atoms with E-state index in [1.807, 2.05) is 26.0 Å². The third kappa shape index (κ3) is 3.22. The van der Waals surface area contributed by atoms with Crippen LogP contribution in [0.2, 0.25) is 0 Å². The predicted octanol–water partition coefficient (Wildman–Crippen LogP) is 0.784. The molecule has 4 N–H and O–H groups in total. The lowest BCUT2D eigenvalue weighted by Crippen LogP contribution is -2.48. The molecule has 0 saturated carbocycles. The molecule has 2 aromatic rings. The molecule has 8 nitrogen and oxygen atoms in total. The number of imidazole rings is 1. The number of H-pyrrole nitrogens is 1. The van der Waals surface area contributed by atoms with E-state index < -0.39 is 12.1 Å². The summed E-state index contributed by atoms with van der Waals surface area (Å²) in [6, 6.07) is 2.60. The van der Waals surface area contributed by atoms with Crippen LogP contribution >= 0.6 is 0 Å². The van der Waals surface area contributed by atoms with Gasteiger partial charge in [-0.3, -0.25) is 14.9 Å². The first-order chi connectivity index (χ1) is 11.4. The monoisotopic (exact) mass is 329 g/mol. The number of aromatic nitrogens is 2. The van der Waals surface area contributed by atoms with E-state index in [9.17, 15) is 14.4 Å². The molecule has 4 amide bonds. The minimum Gasteiger partial charge on any atom is -0.347 e. The number of amides is 4. The number of aryl methyl sites for hydroxylation is 2. The molecule has 0 aliphatic carbocycles. The fourth-order valence-corrected chi connectivity index (χ4v) is 2.67. The lowest BCUT2D eigenvalue weighted by atomic mass is 10.1. The number of benzene rings is 1. The Labute approximate surface area is 138 Å².